The summed E-state index contributed by atoms with van der Waals surface area (Å²) >= 11 is 2.30. The molecule has 7 heteroatoms. The van der Waals surface area contributed by atoms with Crippen molar-refractivity contribution in [3.63, 3.8) is 0 Å². The van der Waals surface area contributed by atoms with Gasteiger partial charge in [-0.25, -0.2) is 9.67 Å². The highest BCUT2D eigenvalue weighted by molar-refractivity contribution is 14.1. The third-order valence-corrected chi connectivity index (χ3v) is 4.74. The van der Waals surface area contributed by atoms with Gasteiger partial charge in [0, 0.05) is 24.2 Å². The van der Waals surface area contributed by atoms with Crippen molar-refractivity contribution in [2.24, 2.45) is 0 Å². The highest BCUT2D eigenvalue weighted by Crippen LogP contribution is 2.31. The minimum absolute atomic E-state index is 0.569. The number of benzene rings is 1. The number of hydrogen-bond donors (Lipinski definition) is 0. The van der Waals surface area contributed by atoms with Crippen LogP contribution in [-0.2, 0) is 4.55 Å². The predicted molar refractivity (Wildman–Crippen MR) is 107 cm³/mol. The van der Waals surface area contributed by atoms with Crippen LogP contribution >= 0.6 is 22.6 Å². The van der Waals surface area contributed by atoms with Gasteiger partial charge in [0.15, 0.2) is 0 Å². The topological polar surface area (TPSA) is 72.3 Å². The quantitative estimate of drug-likeness (QED) is 0.346. The van der Waals surface area contributed by atoms with Crippen LogP contribution in [0, 0.1) is 11.3 Å². The zero-order valence-electron chi connectivity index (χ0n) is 13.6. The summed E-state index contributed by atoms with van der Waals surface area (Å²) in [4.78, 5) is 8.96. The summed E-state index contributed by atoms with van der Waals surface area (Å²) in [5.41, 5.74) is 5.04. The number of nitrogens with zero attached hydrogens (tertiary/aromatic N) is 6. The second-order valence-electron chi connectivity index (χ2n) is 5.57. The van der Waals surface area contributed by atoms with E-state index in [1.807, 2.05) is 29.1 Å². The average Bonchev–Trinajstić information content (AvgIpc) is 3.38. The molecule has 3 aromatic heterocycles. The third kappa shape index (κ3) is 2.99. The van der Waals surface area contributed by atoms with E-state index in [-0.39, 0.29) is 0 Å². The van der Waals surface area contributed by atoms with Gasteiger partial charge in [0.1, 0.15) is 5.69 Å². The fourth-order valence-corrected chi connectivity index (χ4v) is 3.30. The Morgan fingerprint density at radius 2 is 1.92 bits per heavy atom. The van der Waals surface area contributed by atoms with E-state index in [0.29, 0.717) is 11.3 Å². The molecule has 0 spiro atoms. The van der Waals surface area contributed by atoms with E-state index in [1.165, 1.54) is 0 Å². The van der Waals surface area contributed by atoms with Crippen LogP contribution in [0.25, 0.3) is 28.3 Å². The van der Waals surface area contributed by atoms with E-state index >= 15 is 0 Å². The lowest BCUT2D eigenvalue weighted by Gasteiger charge is -2.09. The van der Waals surface area contributed by atoms with Gasteiger partial charge in [-0.05, 0) is 30.3 Å². The molecule has 0 aliphatic rings. The molecule has 4 rings (SSSR count). The summed E-state index contributed by atoms with van der Waals surface area (Å²) in [7, 11) is 0. The zero-order chi connectivity index (χ0) is 17.9. The van der Waals surface area contributed by atoms with Gasteiger partial charge in [0.2, 0.25) is 0 Å². The Hall–Kier alpha value is -2.99. The number of pyridine rings is 1. The largest absolute Gasteiger partial charge is 0.320 e. The van der Waals surface area contributed by atoms with Gasteiger partial charge in [-0.3, -0.25) is 4.98 Å². The summed E-state index contributed by atoms with van der Waals surface area (Å²) in [6, 6.07) is 15.7. The van der Waals surface area contributed by atoms with Crippen LogP contribution < -0.4 is 0 Å². The molecule has 6 nitrogen and oxygen atoms in total. The smallest absolute Gasteiger partial charge is 0.115 e. The number of alkyl halides is 1. The molecule has 0 atom stereocenters. The van der Waals surface area contributed by atoms with E-state index < -0.39 is 0 Å². The Balaban J connectivity index is 1.81. The fourth-order valence-electron chi connectivity index (χ4n) is 2.79. The molecule has 1 aromatic carbocycles. The van der Waals surface area contributed by atoms with Gasteiger partial charge in [-0.15, -0.1) is 0 Å². The van der Waals surface area contributed by atoms with Crippen LogP contribution in [0.4, 0.5) is 0 Å². The normalized spacial score (nSPS) is 10.6. The molecule has 0 bridgehead atoms. The van der Waals surface area contributed by atoms with Crippen molar-refractivity contribution in [3.8, 4) is 34.4 Å². The molecule has 0 fully saturated rings. The molecular weight excluding hydrogens is 439 g/mol. The number of aromatic nitrogens is 5. The van der Waals surface area contributed by atoms with Gasteiger partial charge in [-0.1, -0.05) is 34.7 Å². The van der Waals surface area contributed by atoms with E-state index in [0.717, 1.165) is 27.2 Å². The van der Waals surface area contributed by atoms with Crippen LogP contribution in [0.15, 0.2) is 67.4 Å². The summed E-state index contributed by atoms with van der Waals surface area (Å²) in [5.74, 6) is 0. The highest BCUT2D eigenvalue weighted by Gasteiger charge is 2.16. The first-order valence-electron chi connectivity index (χ1n) is 7.88. The summed E-state index contributed by atoms with van der Waals surface area (Å²) in [5, 5.41) is 13.4. The van der Waals surface area contributed by atoms with Gasteiger partial charge in [-0.2, -0.15) is 10.4 Å². The molecule has 0 radical (unpaired) electrons. The standard InChI is InChI=1S/C19H13IN6/c20-12-25-13-23-18(17-10-14(11-21)6-8-22-17)19(25)15-2-4-16(5-3-15)26-9-1-7-24-26/h1-10,13H,12H2. The maximum atomic E-state index is 9.15. The summed E-state index contributed by atoms with van der Waals surface area (Å²) in [6.07, 6.45) is 7.11. The second-order valence-corrected chi connectivity index (χ2v) is 6.25. The third-order valence-electron chi connectivity index (χ3n) is 4.01. The van der Waals surface area contributed by atoms with Crippen molar-refractivity contribution < 1.29 is 0 Å². The van der Waals surface area contributed by atoms with Crippen LogP contribution in [-0.4, -0.2) is 24.3 Å². The van der Waals surface area contributed by atoms with Gasteiger partial charge >= 0.3 is 0 Å². The van der Waals surface area contributed by atoms with Crippen molar-refractivity contribution in [2.75, 3.05) is 0 Å². The van der Waals surface area contributed by atoms with Gasteiger partial charge < -0.3 is 4.57 Å². The molecule has 0 amide bonds. The molecule has 3 heterocycles. The van der Waals surface area contributed by atoms with E-state index in [9.17, 15) is 0 Å². The van der Waals surface area contributed by atoms with Crippen LogP contribution in [0.1, 0.15) is 5.56 Å². The maximum Gasteiger partial charge on any atom is 0.115 e. The Kier molecular flexibility index (Phi) is 4.50. The maximum absolute atomic E-state index is 9.15. The second kappa shape index (κ2) is 7.09. The highest BCUT2D eigenvalue weighted by atomic mass is 127. The first kappa shape index (κ1) is 16.5. The van der Waals surface area contributed by atoms with Gasteiger partial charge in [0.05, 0.1) is 39.6 Å². The van der Waals surface area contributed by atoms with E-state index in [2.05, 4.69) is 60.4 Å². The molecule has 0 aliphatic heterocycles. The Labute approximate surface area is 163 Å². The number of imidazole rings is 1. The van der Waals surface area contributed by atoms with Crippen molar-refractivity contribution >= 4 is 22.6 Å². The van der Waals surface area contributed by atoms with Crippen LogP contribution in [0.5, 0.6) is 0 Å². The van der Waals surface area contributed by atoms with Crippen molar-refractivity contribution in [3.05, 3.63) is 72.9 Å². The lowest BCUT2D eigenvalue weighted by Crippen LogP contribution is -1.97. The Morgan fingerprint density at radius 3 is 2.62 bits per heavy atom. The number of nitriles is 1. The summed E-state index contributed by atoms with van der Waals surface area (Å²) < 4.78 is 4.65. The molecule has 26 heavy (non-hydrogen) atoms. The molecular formula is C19H13IN6. The number of halogens is 1. The van der Waals surface area contributed by atoms with Crippen molar-refractivity contribution in [1.82, 2.24) is 24.3 Å². The van der Waals surface area contributed by atoms with Crippen LogP contribution in [0.3, 0.4) is 0 Å². The minimum Gasteiger partial charge on any atom is -0.320 e. The lowest BCUT2D eigenvalue weighted by atomic mass is 10.1. The van der Waals surface area contributed by atoms with Crippen molar-refractivity contribution in [2.45, 2.75) is 4.55 Å². The SMILES string of the molecule is N#Cc1ccnc(-c2ncn(CI)c2-c2ccc(-n3cccn3)cc2)c1. The number of rotatable bonds is 4. The lowest BCUT2D eigenvalue weighted by molar-refractivity contribution is 0.880. The first-order chi connectivity index (χ1) is 12.8. The van der Waals surface area contributed by atoms with E-state index in [1.54, 1.807) is 30.9 Å². The molecule has 0 aliphatic carbocycles. The van der Waals surface area contributed by atoms with Crippen molar-refractivity contribution in [1.29, 1.82) is 5.26 Å². The fraction of sp³-hybridized carbons (Fsp3) is 0.0526. The average molecular weight is 452 g/mol. The number of hydrogen-bond acceptors (Lipinski definition) is 4. The minimum atomic E-state index is 0.569. The molecule has 0 saturated carbocycles. The zero-order valence-corrected chi connectivity index (χ0v) is 15.8. The monoisotopic (exact) mass is 452 g/mol. The van der Waals surface area contributed by atoms with Crippen LogP contribution in [0.2, 0.25) is 0 Å². The van der Waals surface area contributed by atoms with Gasteiger partial charge in [0.25, 0.3) is 0 Å². The Morgan fingerprint density at radius 1 is 1.08 bits per heavy atom. The molecule has 0 unspecified atom stereocenters. The molecule has 4 aromatic rings. The summed E-state index contributed by atoms with van der Waals surface area (Å²) in [6.45, 7) is 0. The first-order valence-corrected chi connectivity index (χ1v) is 9.41. The molecule has 0 N–H and O–H groups in total. The Bertz CT molecular complexity index is 1070. The molecule has 126 valence electrons. The molecule has 0 saturated heterocycles. The predicted octanol–water partition coefficient (Wildman–Crippen LogP) is 4.06. The van der Waals surface area contributed by atoms with E-state index in [4.69, 9.17) is 5.26 Å².